The lowest BCUT2D eigenvalue weighted by Gasteiger charge is -2.23. The van der Waals surface area contributed by atoms with Gasteiger partial charge in [-0.05, 0) is 23.3 Å². The zero-order valence-electron chi connectivity index (χ0n) is 9.57. The molecule has 1 aliphatic rings. The average Bonchev–Trinajstić information content (AvgIpc) is 2.70. The first kappa shape index (κ1) is 10.1. The first-order valence-corrected chi connectivity index (χ1v) is 5.62. The molecule has 3 heteroatoms. The lowest BCUT2D eigenvalue weighted by Crippen LogP contribution is -2.37. The lowest BCUT2D eigenvalue weighted by atomic mass is 9.89. The lowest BCUT2D eigenvalue weighted by molar-refractivity contribution is 0.173. The molecule has 1 atom stereocenters. The number of benzene rings is 2. The van der Waals surface area contributed by atoms with E-state index in [0.29, 0.717) is 6.61 Å². The van der Waals surface area contributed by atoms with Crippen LogP contribution >= 0.6 is 0 Å². The van der Waals surface area contributed by atoms with E-state index in [4.69, 9.17) is 4.74 Å². The monoisotopic (exact) mass is 227 g/mol. The van der Waals surface area contributed by atoms with E-state index in [9.17, 15) is 4.79 Å². The van der Waals surface area contributed by atoms with Crippen LogP contribution in [0.15, 0.2) is 42.5 Å². The topological polar surface area (TPSA) is 38.3 Å². The van der Waals surface area contributed by atoms with Crippen molar-refractivity contribution in [2.24, 2.45) is 0 Å². The van der Waals surface area contributed by atoms with E-state index in [1.54, 1.807) is 0 Å². The summed E-state index contributed by atoms with van der Waals surface area (Å²) in [5, 5.41) is 5.21. The molecule has 0 spiro atoms. The van der Waals surface area contributed by atoms with Crippen LogP contribution in [0.2, 0.25) is 0 Å². The summed E-state index contributed by atoms with van der Waals surface area (Å²) < 4.78 is 5.02. The van der Waals surface area contributed by atoms with E-state index < -0.39 is 5.54 Å². The highest BCUT2D eigenvalue weighted by molar-refractivity contribution is 5.87. The Kier molecular flexibility index (Phi) is 2.08. The van der Waals surface area contributed by atoms with E-state index in [2.05, 4.69) is 23.5 Å². The van der Waals surface area contributed by atoms with Gasteiger partial charge in [0.2, 0.25) is 0 Å². The van der Waals surface area contributed by atoms with Crippen LogP contribution in [0.3, 0.4) is 0 Å². The predicted molar refractivity (Wildman–Crippen MR) is 65.8 cm³/mol. The van der Waals surface area contributed by atoms with Crippen LogP contribution in [0.4, 0.5) is 4.79 Å². The average molecular weight is 227 g/mol. The summed E-state index contributed by atoms with van der Waals surface area (Å²) in [6.07, 6.45) is -0.347. The predicted octanol–water partition coefficient (Wildman–Crippen LogP) is 2.79. The fraction of sp³-hybridized carbons (Fsp3) is 0.214. The fourth-order valence-electron chi connectivity index (χ4n) is 2.36. The Morgan fingerprint density at radius 1 is 1.18 bits per heavy atom. The molecule has 0 bridgehead atoms. The third-order valence-corrected chi connectivity index (χ3v) is 3.25. The molecule has 1 amide bonds. The number of rotatable bonds is 1. The smallest absolute Gasteiger partial charge is 0.408 e. The molecule has 2 aromatic carbocycles. The molecule has 0 aromatic heterocycles. The first-order valence-electron chi connectivity index (χ1n) is 5.62. The van der Waals surface area contributed by atoms with Crippen LogP contribution in [-0.2, 0) is 10.3 Å². The third kappa shape index (κ3) is 1.55. The maximum absolute atomic E-state index is 11.2. The summed E-state index contributed by atoms with van der Waals surface area (Å²) in [7, 11) is 0. The minimum Gasteiger partial charge on any atom is -0.447 e. The number of alkyl carbamates (subject to hydrolysis) is 1. The van der Waals surface area contributed by atoms with Gasteiger partial charge in [0, 0.05) is 0 Å². The maximum atomic E-state index is 11.2. The quantitative estimate of drug-likeness (QED) is 0.813. The van der Waals surface area contributed by atoms with Crippen LogP contribution < -0.4 is 5.32 Å². The minimum atomic E-state index is -0.433. The van der Waals surface area contributed by atoms with Gasteiger partial charge in [0.15, 0.2) is 0 Å². The zero-order valence-corrected chi connectivity index (χ0v) is 9.57. The Morgan fingerprint density at radius 3 is 2.71 bits per heavy atom. The minimum absolute atomic E-state index is 0.347. The Balaban J connectivity index is 2.21. The number of ether oxygens (including phenoxy) is 1. The van der Waals surface area contributed by atoms with Crippen molar-refractivity contribution in [2.45, 2.75) is 12.5 Å². The van der Waals surface area contributed by atoms with Crippen molar-refractivity contribution in [3.63, 3.8) is 0 Å². The van der Waals surface area contributed by atoms with Crippen molar-refractivity contribution in [1.29, 1.82) is 0 Å². The van der Waals surface area contributed by atoms with E-state index in [0.717, 1.165) is 10.9 Å². The second-order valence-electron chi connectivity index (χ2n) is 4.56. The molecular formula is C14H13NO2. The van der Waals surface area contributed by atoms with E-state index in [-0.39, 0.29) is 6.09 Å². The van der Waals surface area contributed by atoms with Gasteiger partial charge < -0.3 is 10.1 Å². The molecule has 0 radical (unpaired) electrons. The first-order chi connectivity index (χ1) is 8.19. The van der Waals surface area contributed by atoms with Gasteiger partial charge >= 0.3 is 6.09 Å². The van der Waals surface area contributed by atoms with E-state index in [1.165, 1.54) is 5.39 Å². The molecule has 3 nitrogen and oxygen atoms in total. The highest BCUT2D eigenvalue weighted by Gasteiger charge is 2.37. The molecule has 3 rings (SSSR count). The molecule has 0 saturated carbocycles. The molecule has 0 aliphatic carbocycles. The van der Waals surface area contributed by atoms with Crippen LogP contribution in [0.5, 0.6) is 0 Å². The van der Waals surface area contributed by atoms with Gasteiger partial charge in [0.25, 0.3) is 0 Å². The Morgan fingerprint density at radius 2 is 1.94 bits per heavy atom. The Bertz CT molecular complexity index is 588. The summed E-state index contributed by atoms with van der Waals surface area (Å²) in [5.74, 6) is 0. The number of carbonyl (C=O) groups excluding carboxylic acids is 1. The molecule has 86 valence electrons. The van der Waals surface area contributed by atoms with Crippen LogP contribution in [-0.4, -0.2) is 12.7 Å². The summed E-state index contributed by atoms with van der Waals surface area (Å²) in [6.45, 7) is 2.36. The third-order valence-electron chi connectivity index (χ3n) is 3.25. The molecule has 17 heavy (non-hydrogen) atoms. The number of carbonyl (C=O) groups is 1. The molecule has 1 unspecified atom stereocenters. The highest BCUT2D eigenvalue weighted by Crippen LogP contribution is 2.31. The Labute approximate surface area is 99.4 Å². The number of fused-ring (bicyclic) bond motifs is 1. The summed E-state index contributed by atoms with van der Waals surface area (Å²) in [6, 6.07) is 14.3. The fourth-order valence-corrected chi connectivity index (χ4v) is 2.36. The molecular weight excluding hydrogens is 214 g/mol. The van der Waals surface area contributed by atoms with Gasteiger partial charge in [-0.3, -0.25) is 0 Å². The number of hydrogen-bond donors (Lipinski definition) is 1. The van der Waals surface area contributed by atoms with Crippen LogP contribution in [0.1, 0.15) is 12.5 Å². The normalized spacial score (nSPS) is 23.5. The van der Waals surface area contributed by atoms with Crippen molar-refractivity contribution in [3.05, 3.63) is 48.0 Å². The number of hydrogen-bond acceptors (Lipinski definition) is 2. The van der Waals surface area contributed by atoms with Crippen molar-refractivity contribution < 1.29 is 9.53 Å². The molecule has 1 N–H and O–H groups in total. The molecule has 2 aromatic rings. The number of cyclic esters (lactones) is 1. The van der Waals surface area contributed by atoms with Crippen molar-refractivity contribution >= 4 is 16.9 Å². The molecule has 1 heterocycles. The number of amides is 1. The van der Waals surface area contributed by atoms with Gasteiger partial charge in [0.1, 0.15) is 12.1 Å². The SMILES string of the molecule is CC1(c2cccc3ccccc23)COC(=O)N1. The maximum Gasteiger partial charge on any atom is 0.408 e. The van der Waals surface area contributed by atoms with Gasteiger partial charge in [-0.15, -0.1) is 0 Å². The highest BCUT2D eigenvalue weighted by atomic mass is 16.6. The van der Waals surface area contributed by atoms with Crippen molar-refractivity contribution in [2.75, 3.05) is 6.61 Å². The van der Waals surface area contributed by atoms with Crippen LogP contribution in [0.25, 0.3) is 10.8 Å². The van der Waals surface area contributed by atoms with Gasteiger partial charge in [-0.25, -0.2) is 4.79 Å². The number of nitrogens with one attached hydrogen (secondary N) is 1. The van der Waals surface area contributed by atoms with E-state index in [1.807, 2.05) is 31.2 Å². The molecule has 1 fully saturated rings. The zero-order chi connectivity index (χ0) is 11.9. The standard InChI is InChI=1S/C14H13NO2/c1-14(9-17-13(16)15-14)12-8-4-6-10-5-2-3-7-11(10)12/h2-8H,9H2,1H3,(H,15,16). The van der Waals surface area contributed by atoms with Gasteiger partial charge in [0.05, 0.1) is 0 Å². The summed E-state index contributed by atoms with van der Waals surface area (Å²) in [4.78, 5) is 11.2. The summed E-state index contributed by atoms with van der Waals surface area (Å²) in [5.41, 5.74) is 0.666. The van der Waals surface area contributed by atoms with Gasteiger partial charge in [-0.1, -0.05) is 42.5 Å². The summed E-state index contributed by atoms with van der Waals surface area (Å²) >= 11 is 0. The second kappa shape index (κ2) is 3.48. The second-order valence-corrected chi connectivity index (χ2v) is 4.56. The molecule has 1 aliphatic heterocycles. The van der Waals surface area contributed by atoms with E-state index >= 15 is 0 Å². The molecule has 1 saturated heterocycles. The largest absolute Gasteiger partial charge is 0.447 e. The van der Waals surface area contributed by atoms with Crippen LogP contribution in [0, 0.1) is 0 Å². The van der Waals surface area contributed by atoms with Crippen molar-refractivity contribution in [3.8, 4) is 0 Å². The van der Waals surface area contributed by atoms with Gasteiger partial charge in [-0.2, -0.15) is 0 Å². The van der Waals surface area contributed by atoms with Crippen molar-refractivity contribution in [1.82, 2.24) is 5.32 Å². The Hall–Kier alpha value is -2.03.